The van der Waals surface area contributed by atoms with Crippen LogP contribution in [0.25, 0.3) is 0 Å². The summed E-state index contributed by atoms with van der Waals surface area (Å²) >= 11 is 5.26. The fourth-order valence-electron chi connectivity index (χ4n) is 3.11. The molecule has 0 aliphatic heterocycles. The van der Waals surface area contributed by atoms with Crippen molar-refractivity contribution in [1.82, 2.24) is 19.6 Å². The van der Waals surface area contributed by atoms with Crippen LogP contribution in [-0.4, -0.2) is 24.7 Å². The summed E-state index contributed by atoms with van der Waals surface area (Å²) in [5, 5.41) is 14.4. The van der Waals surface area contributed by atoms with Crippen LogP contribution in [0.5, 0.6) is 0 Å². The van der Waals surface area contributed by atoms with Gasteiger partial charge in [-0.2, -0.15) is 10.2 Å². The lowest BCUT2D eigenvalue weighted by Gasteiger charge is -2.08. The van der Waals surface area contributed by atoms with Crippen molar-refractivity contribution in [2.24, 2.45) is 0 Å². The van der Waals surface area contributed by atoms with E-state index >= 15 is 0 Å². The number of hydrogen-bond acceptors (Lipinski definition) is 3. The van der Waals surface area contributed by atoms with E-state index in [1.165, 1.54) is 17.8 Å². The summed E-state index contributed by atoms with van der Waals surface area (Å²) in [5.41, 5.74) is 2.17. The van der Waals surface area contributed by atoms with E-state index in [9.17, 15) is 17.6 Å². The van der Waals surface area contributed by atoms with Crippen LogP contribution >= 0.6 is 12.2 Å². The molecule has 0 aliphatic carbocycles. The molecule has 0 amide bonds. The van der Waals surface area contributed by atoms with E-state index in [1.807, 2.05) is 31.2 Å². The van der Waals surface area contributed by atoms with Gasteiger partial charge in [0.15, 0.2) is 34.2 Å². The van der Waals surface area contributed by atoms with E-state index in [0.717, 1.165) is 10.2 Å². The van der Waals surface area contributed by atoms with Crippen molar-refractivity contribution >= 4 is 28.8 Å². The van der Waals surface area contributed by atoms with Crippen LogP contribution in [0.4, 0.5) is 29.1 Å². The number of benzene rings is 2. The Morgan fingerprint density at radius 1 is 0.939 bits per heavy atom. The van der Waals surface area contributed by atoms with Gasteiger partial charge >= 0.3 is 0 Å². The van der Waals surface area contributed by atoms with Crippen molar-refractivity contribution in [2.45, 2.75) is 20.0 Å². The monoisotopic (exact) mass is 474 g/mol. The van der Waals surface area contributed by atoms with E-state index in [1.54, 1.807) is 17.1 Å². The number of rotatable bonds is 6. The summed E-state index contributed by atoms with van der Waals surface area (Å²) in [6.07, 6.45) is 4.80. The van der Waals surface area contributed by atoms with Gasteiger partial charge in [0, 0.05) is 24.5 Å². The molecule has 2 N–H and O–H groups in total. The average Bonchev–Trinajstić information content (AvgIpc) is 3.40. The highest BCUT2D eigenvalue weighted by Gasteiger charge is 2.19. The van der Waals surface area contributed by atoms with Crippen molar-refractivity contribution in [3.05, 3.63) is 94.9 Å². The zero-order valence-corrected chi connectivity index (χ0v) is 18.1. The Bertz CT molecular complexity index is 1270. The summed E-state index contributed by atoms with van der Waals surface area (Å²) in [7, 11) is 0. The molecule has 11 heteroatoms. The molecule has 0 saturated heterocycles. The molecule has 0 radical (unpaired) electrons. The van der Waals surface area contributed by atoms with Crippen LogP contribution in [0.1, 0.15) is 16.7 Å². The highest BCUT2D eigenvalue weighted by atomic mass is 32.1. The molecule has 4 aromatic rings. The van der Waals surface area contributed by atoms with Crippen molar-refractivity contribution in [2.75, 3.05) is 10.6 Å². The van der Waals surface area contributed by atoms with Crippen molar-refractivity contribution in [3.63, 3.8) is 0 Å². The maximum absolute atomic E-state index is 13.9. The number of nitrogens with zero attached hydrogens (tertiary/aromatic N) is 4. The average molecular weight is 474 g/mol. The molecule has 2 heterocycles. The molecule has 33 heavy (non-hydrogen) atoms. The summed E-state index contributed by atoms with van der Waals surface area (Å²) in [4.78, 5) is 0. The summed E-state index contributed by atoms with van der Waals surface area (Å²) in [5.74, 6) is -5.58. The van der Waals surface area contributed by atoms with Gasteiger partial charge in [0.2, 0.25) is 0 Å². The van der Waals surface area contributed by atoms with Crippen LogP contribution in [0.2, 0.25) is 0 Å². The highest BCUT2D eigenvalue weighted by molar-refractivity contribution is 7.80. The molecule has 0 atom stereocenters. The Balaban J connectivity index is 1.36. The van der Waals surface area contributed by atoms with Gasteiger partial charge in [-0.1, -0.05) is 29.8 Å². The number of nitrogens with one attached hydrogen (secondary N) is 2. The summed E-state index contributed by atoms with van der Waals surface area (Å²) in [6, 6.07) is 9.79. The lowest BCUT2D eigenvalue weighted by Crippen LogP contribution is -2.19. The second-order valence-corrected chi connectivity index (χ2v) is 7.74. The minimum atomic E-state index is -1.47. The fourth-order valence-corrected chi connectivity index (χ4v) is 3.34. The van der Waals surface area contributed by atoms with Crippen molar-refractivity contribution in [3.8, 4) is 0 Å². The second kappa shape index (κ2) is 9.41. The number of anilines is 2. The number of aromatic nitrogens is 4. The SMILES string of the molecule is Cc1ccc(Cn2cc(NC(=S)Nc3ccn(Cc4c(F)c(F)cc(F)c4F)n3)cn2)cc1. The quantitative estimate of drug-likeness (QED) is 0.238. The Kier molecular flexibility index (Phi) is 6.40. The van der Waals surface area contributed by atoms with E-state index in [0.29, 0.717) is 12.2 Å². The maximum Gasteiger partial charge on any atom is 0.176 e. The fraction of sp³-hybridized carbons (Fsp3) is 0.136. The standard InChI is InChI=1S/C22H18F4N6S/c1-13-2-4-14(5-3-13)10-32-11-15(9-27-32)28-22(33)29-19-6-7-31(30-19)12-16-20(25)17(23)8-18(24)21(16)26/h2-9,11H,10,12H2,1H3,(H2,28,29,30,33). The highest BCUT2D eigenvalue weighted by Crippen LogP contribution is 2.20. The molecule has 170 valence electrons. The van der Waals surface area contributed by atoms with Crippen LogP contribution in [0.3, 0.4) is 0 Å². The van der Waals surface area contributed by atoms with Gasteiger partial charge in [0.1, 0.15) is 0 Å². The van der Waals surface area contributed by atoms with Gasteiger partial charge in [-0.05, 0) is 24.7 Å². The van der Waals surface area contributed by atoms with Gasteiger partial charge in [0.05, 0.1) is 30.5 Å². The third-order valence-electron chi connectivity index (χ3n) is 4.76. The number of thiocarbonyl (C=S) groups is 1. The van der Waals surface area contributed by atoms with Crippen LogP contribution in [0, 0.1) is 30.2 Å². The predicted molar refractivity (Wildman–Crippen MR) is 120 cm³/mol. The Morgan fingerprint density at radius 2 is 1.64 bits per heavy atom. The van der Waals surface area contributed by atoms with Gasteiger partial charge in [-0.15, -0.1) is 0 Å². The molecule has 4 rings (SSSR count). The van der Waals surface area contributed by atoms with Gasteiger partial charge in [-0.3, -0.25) is 9.36 Å². The minimum Gasteiger partial charge on any atom is -0.330 e. The lowest BCUT2D eigenvalue weighted by atomic mass is 10.1. The predicted octanol–water partition coefficient (Wildman–Crippen LogP) is 4.85. The molecule has 0 bridgehead atoms. The molecule has 0 fully saturated rings. The van der Waals surface area contributed by atoms with E-state index < -0.39 is 35.4 Å². The number of aryl methyl sites for hydroxylation is 1. The lowest BCUT2D eigenvalue weighted by molar-refractivity contribution is 0.431. The smallest absolute Gasteiger partial charge is 0.176 e. The third kappa shape index (κ3) is 5.37. The zero-order valence-electron chi connectivity index (χ0n) is 17.3. The van der Waals surface area contributed by atoms with E-state index in [2.05, 4.69) is 20.8 Å². The van der Waals surface area contributed by atoms with Crippen molar-refractivity contribution < 1.29 is 17.6 Å². The molecule has 0 aliphatic rings. The van der Waals surface area contributed by atoms with E-state index in [-0.39, 0.29) is 17.0 Å². The first-order valence-electron chi connectivity index (χ1n) is 9.80. The molecule has 0 saturated carbocycles. The Labute approximate surface area is 191 Å². The summed E-state index contributed by atoms with van der Waals surface area (Å²) in [6.45, 7) is 2.12. The van der Waals surface area contributed by atoms with E-state index in [4.69, 9.17) is 12.2 Å². The first-order chi connectivity index (χ1) is 15.8. The Hall–Kier alpha value is -3.73. The third-order valence-corrected chi connectivity index (χ3v) is 4.97. The van der Waals surface area contributed by atoms with Crippen LogP contribution in [0.15, 0.2) is 55.0 Å². The molecule has 6 nitrogen and oxygen atoms in total. The largest absolute Gasteiger partial charge is 0.330 e. The molecular weight excluding hydrogens is 456 g/mol. The summed E-state index contributed by atoms with van der Waals surface area (Å²) < 4.78 is 57.4. The van der Waals surface area contributed by atoms with Gasteiger partial charge in [-0.25, -0.2) is 17.6 Å². The molecule has 0 spiro atoms. The van der Waals surface area contributed by atoms with Crippen molar-refractivity contribution in [1.29, 1.82) is 0 Å². The molecule has 2 aromatic carbocycles. The van der Waals surface area contributed by atoms with Crippen LogP contribution < -0.4 is 10.6 Å². The molecular formula is C22H18F4N6S. The number of hydrogen-bond donors (Lipinski definition) is 2. The molecule has 2 aromatic heterocycles. The molecule has 0 unspecified atom stereocenters. The normalized spacial score (nSPS) is 10.9. The Morgan fingerprint density at radius 3 is 2.33 bits per heavy atom. The first kappa shape index (κ1) is 22.5. The number of halogens is 4. The zero-order chi connectivity index (χ0) is 23.5. The van der Waals surface area contributed by atoms with Gasteiger partial charge < -0.3 is 10.6 Å². The second-order valence-electron chi connectivity index (χ2n) is 7.34. The van der Waals surface area contributed by atoms with Gasteiger partial charge in [0.25, 0.3) is 0 Å². The first-order valence-corrected chi connectivity index (χ1v) is 10.2. The maximum atomic E-state index is 13.9. The van der Waals surface area contributed by atoms with Crippen LogP contribution in [-0.2, 0) is 13.1 Å². The topological polar surface area (TPSA) is 59.7 Å². The minimum absolute atomic E-state index is 0.164.